The SMILES string of the molecule is CCNC(=NCCN(C)C(=O)OC(C)(C)C)NCC.I. The van der Waals surface area contributed by atoms with Gasteiger partial charge in [0.25, 0.3) is 0 Å². The lowest BCUT2D eigenvalue weighted by Gasteiger charge is -2.24. The first-order chi connectivity index (χ1) is 8.80. The van der Waals surface area contributed by atoms with Crippen molar-refractivity contribution in [3.63, 3.8) is 0 Å². The number of halogens is 1. The average Bonchev–Trinajstić information content (AvgIpc) is 2.27. The van der Waals surface area contributed by atoms with Crippen molar-refractivity contribution < 1.29 is 9.53 Å². The number of guanidine groups is 1. The number of aliphatic imine (C=N–C) groups is 1. The van der Waals surface area contributed by atoms with E-state index in [4.69, 9.17) is 4.74 Å². The van der Waals surface area contributed by atoms with Gasteiger partial charge in [0.1, 0.15) is 5.60 Å². The maximum absolute atomic E-state index is 11.7. The summed E-state index contributed by atoms with van der Waals surface area (Å²) < 4.78 is 5.26. The monoisotopic (exact) mass is 400 g/mol. The lowest BCUT2D eigenvalue weighted by Crippen LogP contribution is -2.38. The molecule has 6 nitrogen and oxygen atoms in total. The third-order valence-electron chi connectivity index (χ3n) is 2.10. The Morgan fingerprint density at radius 2 is 1.70 bits per heavy atom. The lowest BCUT2D eigenvalue weighted by atomic mass is 10.2. The highest BCUT2D eigenvalue weighted by Crippen LogP contribution is 2.08. The van der Waals surface area contributed by atoms with Gasteiger partial charge in [-0.15, -0.1) is 24.0 Å². The minimum Gasteiger partial charge on any atom is -0.444 e. The van der Waals surface area contributed by atoms with Crippen LogP contribution >= 0.6 is 24.0 Å². The molecule has 0 rings (SSSR count). The van der Waals surface area contributed by atoms with Gasteiger partial charge in [-0.2, -0.15) is 0 Å². The van der Waals surface area contributed by atoms with Crippen molar-refractivity contribution in [2.24, 2.45) is 4.99 Å². The molecule has 0 aliphatic carbocycles. The standard InChI is InChI=1S/C13H28N4O2.HI/c1-7-14-11(15-8-2)16-9-10-17(6)12(18)19-13(3,4)5;/h7-10H2,1-6H3,(H2,14,15,16);1H. The van der Waals surface area contributed by atoms with Crippen LogP contribution in [0, 0.1) is 0 Å². The zero-order valence-electron chi connectivity index (χ0n) is 13.4. The number of hydrogen-bond donors (Lipinski definition) is 2. The Morgan fingerprint density at radius 3 is 2.10 bits per heavy atom. The fourth-order valence-corrected chi connectivity index (χ4v) is 1.25. The molecule has 0 saturated heterocycles. The second-order valence-electron chi connectivity index (χ2n) is 5.19. The summed E-state index contributed by atoms with van der Waals surface area (Å²) in [6.45, 7) is 12.3. The summed E-state index contributed by atoms with van der Waals surface area (Å²) in [5.74, 6) is 0.766. The molecule has 0 heterocycles. The van der Waals surface area contributed by atoms with Crippen molar-refractivity contribution in [2.75, 3.05) is 33.2 Å². The molecule has 0 bridgehead atoms. The van der Waals surface area contributed by atoms with Crippen molar-refractivity contribution in [1.29, 1.82) is 0 Å². The van der Waals surface area contributed by atoms with E-state index in [2.05, 4.69) is 15.6 Å². The molecule has 0 fully saturated rings. The molecular weight excluding hydrogens is 371 g/mol. The van der Waals surface area contributed by atoms with Gasteiger partial charge in [-0.3, -0.25) is 4.99 Å². The number of carbonyl (C=O) groups is 1. The highest BCUT2D eigenvalue weighted by molar-refractivity contribution is 14.0. The molecule has 0 aromatic rings. The molecule has 0 aliphatic heterocycles. The van der Waals surface area contributed by atoms with E-state index >= 15 is 0 Å². The van der Waals surface area contributed by atoms with E-state index in [0.29, 0.717) is 13.1 Å². The van der Waals surface area contributed by atoms with E-state index in [1.807, 2.05) is 34.6 Å². The van der Waals surface area contributed by atoms with Gasteiger partial charge in [-0.05, 0) is 34.6 Å². The van der Waals surface area contributed by atoms with Crippen LogP contribution in [0.1, 0.15) is 34.6 Å². The van der Waals surface area contributed by atoms with Crippen LogP contribution in [-0.4, -0.2) is 55.8 Å². The summed E-state index contributed by atoms with van der Waals surface area (Å²) in [5, 5.41) is 6.26. The summed E-state index contributed by atoms with van der Waals surface area (Å²) in [7, 11) is 1.71. The van der Waals surface area contributed by atoms with Gasteiger partial charge in [0, 0.05) is 26.7 Å². The summed E-state index contributed by atoms with van der Waals surface area (Å²) in [4.78, 5) is 17.6. The maximum Gasteiger partial charge on any atom is 0.410 e. The van der Waals surface area contributed by atoms with E-state index in [1.54, 1.807) is 7.05 Å². The molecule has 0 aromatic heterocycles. The molecule has 0 spiro atoms. The molecule has 1 amide bonds. The van der Waals surface area contributed by atoms with Gasteiger partial charge in [0.15, 0.2) is 5.96 Å². The Hall–Kier alpha value is -0.730. The Kier molecular flexibility index (Phi) is 11.8. The minimum absolute atomic E-state index is 0. The lowest BCUT2D eigenvalue weighted by molar-refractivity contribution is 0.0304. The van der Waals surface area contributed by atoms with Crippen LogP contribution in [0.4, 0.5) is 4.79 Å². The highest BCUT2D eigenvalue weighted by Gasteiger charge is 2.18. The number of ether oxygens (including phenoxy) is 1. The summed E-state index contributed by atoms with van der Waals surface area (Å²) in [6.07, 6.45) is -0.323. The maximum atomic E-state index is 11.7. The zero-order chi connectivity index (χ0) is 14.9. The quantitative estimate of drug-likeness (QED) is 0.421. The number of rotatable bonds is 5. The highest BCUT2D eigenvalue weighted by atomic mass is 127. The first kappa shape index (κ1) is 21.6. The van der Waals surface area contributed by atoms with E-state index in [0.717, 1.165) is 19.0 Å². The summed E-state index contributed by atoms with van der Waals surface area (Å²) >= 11 is 0. The Balaban J connectivity index is 0. The van der Waals surface area contributed by atoms with Gasteiger partial charge in [0.2, 0.25) is 0 Å². The predicted octanol–water partition coefficient (Wildman–Crippen LogP) is 2.05. The largest absolute Gasteiger partial charge is 0.444 e. The van der Waals surface area contributed by atoms with E-state index < -0.39 is 5.60 Å². The fourth-order valence-electron chi connectivity index (χ4n) is 1.25. The van der Waals surface area contributed by atoms with Crippen LogP contribution in [-0.2, 0) is 4.74 Å². The van der Waals surface area contributed by atoms with Crippen molar-refractivity contribution in [3.05, 3.63) is 0 Å². The Morgan fingerprint density at radius 1 is 1.20 bits per heavy atom. The third kappa shape index (κ3) is 11.1. The van der Waals surface area contributed by atoms with Crippen LogP contribution in [0.5, 0.6) is 0 Å². The third-order valence-corrected chi connectivity index (χ3v) is 2.10. The second-order valence-corrected chi connectivity index (χ2v) is 5.19. The molecule has 0 radical (unpaired) electrons. The fraction of sp³-hybridized carbons (Fsp3) is 0.846. The second kappa shape index (κ2) is 11.0. The van der Waals surface area contributed by atoms with E-state index in [1.165, 1.54) is 4.90 Å². The van der Waals surface area contributed by atoms with Crippen LogP contribution < -0.4 is 10.6 Å². The zero-order valence-corrected chi connectivity index (χ0v) is 15.8. The number of likely N-dealkylation sites (N-methyl/N-ethyl adjacent to an activating group) is 1. The summed E-state index contributed by atoms with van der Waals surface area (Å²) in [6, 6.07) is 0. The average molecular weight is 400 g/mol. The van der Waals surface area contributed by atoms with Crippen molar-refractivity contribution in [1.82, 2.24) is 15.5 Å². The van der Waals surface area contributed by atoms with Gasteiger partial charge in [-0.1, -0.05) is 0 Å². The molecule has 120 valence electrons. The molecule has 0 aromatic carbocycles. The Bertz CT molecular complexity index is 295. The van der Waals surface area contributed by atoms with Gasteiger partial charge < -0.3 is 20.3 Å². The van der Waals surface area contributed by atoms with Crippen molar-refractivity contribution in [2.45, 2.75) is 40.2 Å². The number of hydrogen-bond acceptors (Lipinski definition) is 3. The number of nitrogens with zero attached hydrogens (tertiary/aromatic N) is 2. The molecular formula is C13H29IN4O2. The van der Waals surface area contributed by atoms with E-state index in [-0.39, 0.29) is 30.1 Å². The van der Waals surface area contributed by atoms with Crippen LogP contribution in [0.25, 0.3) is 0 Å². The van der Waals surface area contributed by atoms with Crippen molar-refractivity contribution in [3.8, 4) is 0 Å². The van der Waals surface area contributed by atoms with Gasteiger partial charge >= 0.3 is 6.09 Å². The number of amides is 1. The number of nitrogens with one attached hydrogen (secondary N) is 2. The number of carbonyl (C=O) groups excluding carboxylic acids is 1. The predicted molar refractivity (Wildman–Crippen MR) is 93.9 cm³/mol. The van der Waals surface area contributed by atoms with Gasteiger partial charge in [0.05, 0.1) is 6.54 Å². The first-order valence-corrected chi connectivity index (χ1v) is 6.76. The van der Waals surface area contributed by atoms with Gasteiger partial charge in [-0.25, -0.2) is 4.79 Å². The first-order valence-electron chi connectivity index (χ1n) is 6.76. The molecule has 2 N–H and O–H groups in total. The van der Waals surface area contributed by atoms with Crippen molar-refractivity contribution >= 4 is 36.0 Å². The molecule has 0 atom stereocenters. The summed E-state index contributed by atoms with van der Waals surface area (Å²) in [5.41, 5.74) is -0.465. The van der Waals surface area contributed by atoms with Crippen LogP contribution in [0.15, 0.2) is 4.99 Å². The van der Waals surface area contributed by atoms with Crippen LogP contribution in [0.2, 0.25) is 0 Å². The smallest absolute Gasteiger partial charge is 0.410 e. The molecule has 0 unspecified atom stereocenters. The van der Waals surface area contributed by atoms with E-state index in [9.17, 15) is 4.79 Å². The molecule has 7 heteroatoms. The topological polar surface area (TPSA) is 66.0 Å². The molecule has 0 aliphatic rings. The Labute approximate surface area is 139 Å². The molecule has 0 saturated carbocycles. The normalized spacial score (nSPS) is 10.1. The van der Waals surface area contributed by atoms with Crippen LogP contribution in [0.3, 0.4) is 0 Å². The molecule has 20 heavy (non-hydrogen) atoms. The minimum atomic E-state index is -0.465.